The van der Waals surface area contributed by atoms with Crippen molar-refractivity contribution in [2.24, 2.45) is 0 Å². The molecular formula is C20H25NO5. The Hall–Kier alpha value is -2.41. The van der Waals surface area contributed by atoms with E-state index in [1.807, 2.05) is 19.1 Å². The zero-order chi connectivity index (χ0) is 19.1. The van der Waals surface area contributed by atoms with Crippen molar-refractivity contribution in [3.8, 4) is 5.75 Å². The fourth-order valence-electron chi connectivity index (χ4n) is 2.69. The highest BCUT2D eigenvalue weighted by molar-refractivity contribution is 5.89. The zero-order valence-electron chi connectivity index (χ0n) is 15.0. The summed E-state index contributed by atoms with van der Waals surface area (Å²) in [7, 11) is 1.35. The minimum atomic E-state index is -0.745. The molecule has 2 rings (SSSR count). The first-order valence-corrected chi connectivity index (χ1v) is 8.46. The lowest BCUT2D eigenvalue weighted by atomic mass is 10.0. The lowest BCUT2D eigenvalue weighted by Crippen LogP contribution is -2.32. The maximum absolute atomic E-state index is 11.4. The Bertz CT molecular complexity index is 729. The maximum Gasteiger partial charge on any atom is 0.337 e. The van der Waals surface area contributed by atoms with Crippen molar-refractivity contribution in [2.45, 2.75) is 32.1 Å². The Balaban J connectivity index is 1.88. The standard InChI is InChI=1S/C20H25NO5/c1-13(9-14-3-5-15(6-4-14)20(25)26-2)21-11-19(24)16-7-8-18(23)17(10-16)12-22/h3-8,10,13,19,21-24H,9,11-12H2,1-2H3/t13-,19?/m1/s1. The van der Waals surface area contributed by atoms with E-state index in [0.29, 0.717) is 23.2 Å². The average molecular weight is 359 g/mol. The number of hydrogen-bond donors (Lipinski definition) is 4. The topological polar surface area (TPSA) is 99.0 Å². The summed E-state index contributed by atoms with van der Waals surface area (Å²) in [6.07, 6.45) is -0.00362. The fourth-order valence-corrected chi connectivity index (χ4v) is 2.69. The lowest BCUT2D eigenvalue weighted by molar-refractivity contribution is 0.0600. The number of ether oxygens (including phenoxy) is 1. The Morgan fingerprint density at radius 1 is 1.19 bits per heavy atom. The van der Waals surface area contributed by atoms with Crippen molar-refractivity contribution in [3.05, 3.63) is 64.7 Å². The second kappa shape index (κ2) is 9.33. The Kier molecular flexibility index (Phi) is 7.15. The van der Waals surface area contributed by atoms with Gasteiger partial charge in [-0.15, -0.1) is 0 Å². The van der Waals surface area contributed by atoms with Gasteiger partial charge in [0.25, 0.3) is 0 Å². The number of carbonyl (C=O) groups is 1. The van der Waals surface area contributed by atoms with Crippen molar-refractivity contribution in [1.82, 2.24) is 5.32 Å². The van der Waals surface area contributed by atoms with E-state index >= 15 is 0 Å². The molecule has 0 saturated heterocycles. The summed E-state index contributed by atoms with van der Waals surface area (Å²) in [6.45, 7) is 2.08. The minimum Gasteiger partial charge on any atom is -0.508 e. The second-order valence-corrected chi connectivity index (χ2v) is 6.26. The van der Waals surface area contributed by atoms with Crippen LogP contribution in [0.25, 0.3) is 0 Å². The number of hydrogen-bond acceptors (Lipinski definition) is 6. The van der Waals surface area contributed by atoms with Gasteiger partial charge in [-0.1, -0.05) is 18.2 Å². The van der Waals surface area contributed by atoms with Crippen LogP contribution in [0.3, 0.4) is 0 Å². The normalized spacial score (nSPS) is 13.2. The third kappa shape index (κ3) is 5.29. The predicted octanol–water partition coefficient (Wildman–Crippen LogP) is 1.93. The molecule has 26 heavy (non-hydrogen) atoms. The number of rotatable bonds is 8. The SMILES string of the molecule is COC(=O)c1ccc(C[C@@H](C)NCC(O)c2ccc(O)c(CO)c2)cc1. The van der Waals surface area contributed by atoms with Crippen molar-refractivity contribution >= 4 is 5.97 Å². The second-order valence-electron chi connectivity index (χ2n) is 6.26. The van der Waals surface area contributed by atoms with E-state index < -0.39 is 6.10 Å². The van der Waals surface area contributed by atoms with Crippen LogP contribution in [0.15, 0.2) is 42.5 Å². The van der Waals surface area contributed by atoms with Crippen LogP contribution in [0.4, 0.5) is 0 Å². The summed E-state index contributed by atoms with van der Waals surface area (Å²) in [6, 6.07) is 12.0. The molecule has 0 aliphatic heterocycles. The van der Waals surface area contributed by atoms with Gasteiger partial charge < -0.3 is 25.4 Å². The highest BCUT2D eigenvalue weighted by Crippen LogP contribution is 2.22. The molecule has 0 amide bonds. The van der Waals surface area contributed by atoms with Gasteiger partial charge in [-0.2, -0.15) is 0 Å². The molecule has 0 aromatic heterocycles. The summed E-state index contributed by atoms with van der Waals surface area (Å²) in [5, 5.41) is 32.3. The van der Waals surface area contributed by atoms with Gasteiger partial charge in [0, 0.05) is 18.2 Å². The van der Waals surface area contributed by atoms with E-state index in [9.17, 15) is 20.1 Å². The molecule has 0 aliphatic carbocycles. The number of aliphatic hydroxyl groups excluding tert-OH is 2. The quantitative estimate of drug-likeness (QED) is 0.538. The molecule has 6 nitrogen and oxygen atoms in total. The Morgan fingerprint density at radius 3 is 2.50 bits per heavy atom. The Morgan fingerprint density at radius 2 is 1.88 bits per heavy atom. The minimum absolute atomic E-state index is 0.0141. The number of nitrogens with one attached hydrogen (secondary N) is 1. The predicted molar refractivity (Wildman–Crippen MR) is 97.9 cm³/mol. The fraction of sp³-hybridized carbons (Fsp3) is 0.350. The van der Waals surface area contributed by atoms with E-state index in [0.717, 1.165) is 12.0 Å². The van der Waals surface area contributed by atoms with E-state index in [2.05, 4.69) is 10.1 Å². The molecule has 6 heteroatoms. The summed E-state index contributed by atoms with van der Waals surface area (Å²) >= 11 is 0. The van der Waals surface area contributed by atoms with Gasteiger partial charge in [0.15, 0.2) is 0 Å². The van der Waals surface area contributed by atoms with Crippen molar-refractivity contribution in [2.75, 3.05) is 13.7 Å². The van der Waals surface area contributed by atoms with Crippen LogP contribution >= 0.6 is 0 Å². The first kappa shape index (κ1) is 19.9. The first-order chi connectivity index (χ1) is 12.4. The molecular weight excluding hydrogens is 334 g/mol. The van der Waals surface area contributed by atoms with Crippen LogP contribution < -0.4 is 5.32 Å². The van der Waals surface area contributed by atoms with Crippen LogP contribution in [-0.4, -0.2) is 41.0 Å². The molecule has 0 heterocycles. The van der Waals surface area contributed by atoms with Crippen LogP contribution in [0.5, 0.6) is 5.75 Å². The van der Waals surface area contributed by atoms with Crippen LogP contribution in [0, 0.1) is 0 Å². The van der Waals surface area contributed by atoms with Gasteiger partial charge in [0.1, 0.15) is 5.75 Å². The van der Waals surface area contributed by atoms with E-state index in [1.165, 1.54) is 13.2 Å². The number of benzene rings is 2. The molecule has 0 radical (unpaired) electrons. The van der Waals surface area contributed by atoms with Gasteiger partial charge in [0.2, 0.25) is 0 Å². The molecule has 1 unspecified atom stereocenters. The molecule has 2 aromatic carbocycles. The summed E-state index contributed by atoms with van der Waals surface area (Å²) in [4.78, 5) is 11.4. The first-order valence-electron chi connectivity index (χ1n) is 8.46. The molecule has 0 spiro atoms. The lowest BCUT2D eigenvalue weighted by Gasteiger charge is -2.18. The van der Waals surface area contributed by atoms with Gasteiger partial charge >= 0.3 is 5.97 Å². The van der Waals surface area contributed by atoms with E-state index in [-0.39, 0.29) is 24.4 Å². The highest BCUT2D eigenvalue weighted by atomic mass is 16.5. The molecule has 0 fully saturated rings. The number of carbonyl (C=O) groups excluding carboxylic acids is 1. The highest BCUT2D eigenvalue weighted by Gasteiger charge is 2.12. The van der Waals surface area contributed by atoms with Crippen LogP contribution in [0.2, 0.25) is 0 Å². The number of methoxy groups -OCH3 is 1. The zero-order valence-corrected chi connectivity index (χ0v) is 15.0. The molecule has 0 saturated carbocycles. The molecule has 2 aromatic rings. The van der Waals surface area contributed by atoms with Crippen molar-refractivity contribution in [3.63, 3.8) is 0 Å². The van der Waals surface area contributed by atoms with Gasteiger partial charge in [-0.05, 0) is 48.7 Å². The van der Waals surface area contributed by atoms with Gasteiger partial charge in [0.05, 0.1) is 25.4 Å². The number of esters is 1. The summed E-state index contributed by atoms with van der Waals surface area (Å²) in [5.41, 5.74) is 2.60. The average Bonchev–Trinajstić information content (AvgIpc) is 2.66. The van der Waals surface area contributed by atoms with Crippen molar-refractivity contribution in [1.29, 1.82) is 0 Å². The van der Waals surface area contributed by atoms with Gasteiger partial charge in [-0.25, -0.2) is 4.79 Å². The number of aromatic hydroxyl groups is 1. The molecule has 0 aliphatic rings. The van der Waals surface area contributed by atoms with Crippen LogP contribution in [-0.2, 0) is 17.8 Å². The largest absolute Gasteiger partial charge is 0.508 e. The smallest absolute Gasteiger partial charge is 0.337 e. The molecule has 4 N–H and O–H groups in total. The number of aliphatic hydroxyl groups is 2. The van der Waals surface area contributed by atoms with Crippen LogP contribution in [0.1, 0.15) is 40.1 Å². The van der Waals surface area contributed by atoms with E-state index in [1.54, 1.807) is 24.3 Å². The van der Waals surface area contributed by atoms with Crippen molar-refractivity contribution < 1.29 is 24.9 Å². The summed E-state index contributed by atoms with van der Waals surface area (Å²) in [5.74, 6) is -0.345. The third-order valence-corrected chi connectivity index (χ3v) is 4.24. The van der Waals surface area contributed by atoms with Gasteiger partial charge in [-0.3, -0.25) is 0 Å². The molecule has 0 bridgehead atoms. The monoisotopic (exact) mass is 359 g/mol. The third-order valence-electron chi connectivity index (χ3n) is 4.24. The summed E-state index contributed by atoms with van der Waals surface area (Å²) < 4.78 is 4.68. The molecule has 140 valence electrons. The van der Waals surface area contributed by atoms with E-state index in [4.69, 9.17) is 0 Å². The maximum atomic E-state index is 11.4. The Labute approximate surface area is 153 Å². The number of phenols is 1. The molecule has 2 atom stereocenters.